The van der Waals surface area contributed by atoms with Crippen molar-refractivity contribution < 1.29 is 0 Å². The van der Waals surface area contributed by atoms with Crippen molar-refractivity contribution in [2.45, 2.75) is 19.3 Å². The van der Waals surface area contributed by atoms with Gasteiger partial charge < -0.3 is 9.13 Å². The van der Waals surface area contributed by atoms with Crippen LogP contribution in [0.3, 0.4) is 0 Å². The fraction of sp³-hybridized carbons (Fsp3) is 0.0390. The maximum absolute atomic E-state index is 2.53. The van der Waals surface area contributed by atoms with Gasteiger partial charge in [-0.15, -0.1) is 0 Å². The third kappa shape index (κ3) is 6.52. The fourth-order valence-corrected chi connectivity index (χ4v) is 14.0. The number of rotatable bonds is 7. The van der Waals surface area contributed by atoms with Crippen LogP contribution in [-0.2, 0) is 5.41 Å². The van der Waals surface area contributed by atoms with E-state index >= 15 is 0 Å². The average molecular weight is 1010 g/mol. The first-order chi connectivity index (χ1) is 39.1. The minimum absolute atomic E-state index is 0.641. The van der Waals surface area contributed by atoms with Gasteiger partial charge in [-0.05, 0) is 133 Å². The Balaban J connectivity index is 1.09. The first-order valence-corrected chi connectivity index (χ1v) is 27.6. The molecule has 2 heteroatoms. The number of para-hydroxylation sites is 6. The summed E-state index contributed by atoms with van der Waals surface area (Å²) in [5.41, 5.74) is 23.8. The highest BCUT2D eigenvalue weighted by atomic mass is 15.0. The van der Waals surface area contributed by atoms with Gasteiger partial charge in [0.1, 0.15) is 0 Å². The molecule has 2 heterocycles. The second kappa shape index (κ2) is 17.5. The van der Waals surface area contributed by atoms with Gasteiger partial charge in [0.15, 0.2) is 0 Å². The van der Waals surface area contributed by atoms with Crippen molar-refractivity contribution in [2.24, 2.45) is 0 Å². The molecule has 0 bridgehead atoms. The third-order valence-electron chi connectivity index (χ3n) is 17.3. The van der Waals surface area contributed by atoms with Gasteiger partial charge in [0.25, 0.3) is 0 Å². The maximum atomic E-state index is 2.53. The Kier molecular flexibility index (Phi) is 10.0. The Labute approximate surface area is 459 Å². The fourth-order valence-electron chi connectivity index (χ4n) is 14.0. The van der Waals surface area contributed by atoms with Gasteiger partial charge in [-0.1, -0.05) is 248 Å². The van der Waals surface area contributed by atoms with Crippen molar-refractivity contribution in [3.63, 3.8) is 0 Å². The van der Waals surface area contributed by atoms with Gasteiger partial charge in [0.2, 0.25) is 0 Å². The number of benzene rings is 13. The Morgan fingerprint density at radius 2 is 0.646 bits per heavy atom. The van der Waals surface area contributed by atoms with E-state index in [1.807, 2.05) is 0 Å². The number of nitrogens with zero attached hydrogens (tertiary/aromatic N) is 2. The predicted molar refractivity (Wildman–Crippen MR) is 333 cm³/mol. The Morgan fingerprint density at radius 1 is 0.266 bits per heavy atom. The van der Waals surface area contributed by atoms with Crippen molar-refractivity contribution in [1.82, 2.24) is 9.13 Å². The molecule has 0 N–H and O–H groups in total. The second-order valence-corrected chi connectivity index (χ2v) is 21.6. The van der Waals surface area contributed by atoms with E-state index in [-0.39, 0.29) is 0 Å². The van der Waals surface area contributed by atoms with Gasteiger partial charge in [-0.2, -0.15) is 0 Å². The molecule has 0 unspecified atom stereocenters. The quantitative estimate of drug-likeness (QED) is 0.141. The number of hydrogen-bond acceptors (Lipinski definition) is 0. The highest BCUT2D eigenvalue weighted by Gasteiger charge is 2.48. The number of hydrogen-bond donors (Lipinski definition) is 0. The molecule has 1 aliphatic carbocycles. The first-order valence-electron chi connectivity index (χ1n) is 27.6. The van der Waals surface area contributed by atoms with Crippen molar-refractivity contribution in [3.8, 4) is 55.9 Å². The normalized spacial score (nSPS) is 12.8. The van der Waals surface area contributed by atoms with E-state index in [1.165, 1.54) is 143 Å². The van der Waals surface area contributed by atoms with Gasteiger partial charge in [-0.3, -0.25) is 0 Å². The van der Waals surface area contributed by atoms with Crippen molar-refractivity contribution >= 4 is 65.2 Å². The molecule has 2 aromatic heterocycles. The maximum Gasteiger partial charge on any atom is 0.0719 e. The van der Waals surface area contributed by atoms with Crippen LogP contribution >= 0.6 is 0 Å². The Morgan fingerprint density at radius 3 is 1.16 bits per heavy atom. The van der Waals surface area contributed by atoms with Gasteiger partial charge >= 0.3 is 0 Å². The van der Waals surface area contributed by atoms with E-state index in [0.717, 1.165) is 11.4 Å². The van der Waals surface area contributed by atoms with E-state index < -0.39 is 5.41 Å². The van der Waals surface area contributed by atoms with E-state index in [9.17, 15) is 0 Å². The molecule has 15 aromatic rings. The Bertz CT molecular complexity index is 4680. The molecule has 0 amide bonds. The summed E-state index contributed by atoms with van der Waals surface area (Å²) in [6.45, 7) is 4.39. The highest BCUT2D eigenvalue weighted by Crippen LogP contribution is 2.60. The van der Waals surface area contributed by atoms with Crippen LogP contribution in [0.1, 0.15) is 33.4 Å². The monoisotopic (exact) mass is 1000 g/mol. The zero-order chi connectivity index (χ0) is 52.3. The summed E-state index contributed by atoms with van der Waals surface area (Å²) in [5.74, 6) is 0. The van der Waals surface area contributed by atoms with Gasteiger partial charge in [0.05, 0.1) is 27.5 Å². The SMILES string of the molecule is Cc1ccc(C2(c3ccc(C)cc3)c3ccccc3-c3cccc(-c4c5cccc(-c6cccc7c8ccccc8n(-c8ccccc8)c67)c5cc5c(-c6cccc7c8ccccc8n(-c8ccccc8)c67)cccc45)c32)cc1. The van der Waals surface area contributed by atoms with Crippen LogP contribution < -0.4 is 0 Å². The van der Waals surface area contributed by atoms with Gasteiger partial charge in [-0.25, -0.2) is 0 Å². The molecule has 0 saturated carbocycles. The van der Waals surface area contributed by atoms with Crippen molar-refractivity contribution in [2.75, 3.05) is 0 Å². The van der Waals surface area contributed by atoms with Crippen LogP contribution in [0.2, 0.25) is 0 Å². The molecule has 1 aliphatic rings. The summed E-state index contributed by atoms with van der Waals surface area (Å²) >= 11 is 0. The summed E-state index contributed by atoms with van der Waals surface area (Å²) in [7, 11) is 0. The number of aromatic nitrogens is 2. The summed E-state index contributed by atoms with van der Waals surface area (Å²) in [5, 5.41) is 9.77. The molecule has 79 heavy (non-hydrogen) atoms. The van der Waals surface area contributed by atoms with Crippen molar-refractivity contribution in [3.05, 3.63) is 312 Å². The van der Waals surface area contributed by atoms with Crippen LogP contribution in [0.4, 0.5) is 0 Å². The molecule has 0 fully saturated rings. The van der Waals surface area contributed by atoms with Gasteiger partial charge in [0, 0.05) is 44.0 Å². The summed E-state index contributed by atoms with van der Waals surface area (Å²) in [6, 6.07) is 105. The lowest BCUT2D eigenvalue weighted by atomic mass is 9.65. The number of fused-ring (bicyclic) bond motifs is 11. The Hall–Kier alpha value is -10.0. The summed E-state index contributed by atoms with van der Waals surface area (Å²) < 4.78 is 4.96. The van der Waals surface area contributed by atoms with E-state index in [4.69, 9.17) is 0 Å². The highest BCUT2D eigenvalue weighted by molar-refractivity contribution is 6.24. The van der Waals surface area contributed by atoms with Crippen LogP contribution in [0.5, 0.6) is 0 Å². The van der Waals surface area contributed by atoms with Crippen LogP contribution in [0.25, 0.3) is 121 Å². The van der Waals surface area contributed by atoms with Crippen LogP contribution in [-0.4, -0.2) is 9.13 Å². The molecule has 0 saturated heterocycles. The molecule has 16 rings (SSSR count). The molecule has 0 aliphatic heterocycles. The third-order valence-corrected chi connectivity index (χ3v) is 17.3. The summed E-state index contributed by atoms with van der Waals surface area (Å²) in [6.07, 6.45) is 0. The molecule has 370 valence electrons. The predicted octanol–water partition coefficient (Wildman–Crippen LogP) is 20.2. The molecule has 0 atom stereocenters. The largest absolute Gasteiger partial charge is 0.309 e. The van der Waals surface area contributed by atoms with E-state index in [1.54, 1.807) is 0 Å². The zero-order valence-corrected chi connectivity index (χ0v) is 44.0. The first kappa shape index (κ1) is 45.2. The molecule has 2 nitrogen and oxygen atoms in total. The van der Waals surface area contributed by atoms with Crippen molar-refractivity contribution in [1.29, 1.82) is 0 Å². The molecular formula is C77H52N2. The lowest BCUT2D eigenvalue weighted by Crippen LogP contribution is -2.29. The van der Waals surface area contributed by atoms with Crippen LogP contribution in [0.15, 0.2) is 279 Å². The van der Waals surface area contributed by atoms with E-state index in [2.05, 4.69) is 302 Å². The standard InChI is InChI=1S/C77H52N2/c1-49-40-44-51(45-41-49)77(52-46-42-50(2)43-47-52)70-37-12-9-24-57(70)62-31-17-36-67(74(62)77)73-60-29-15-27-55(63-32-18-34-65-58-25-10-13-38-71(58)78(75(63)65)53-20-5-3-6-21-53)68(60)48-69-56(28-16-30-61(69)73)64-33-19-35-66-59-26-11-14-39-72(59)79(76(64)66)54-22-7-4-8-23-54/h3-48H,1-2H3. The topological polar surface area (TPSA) is 9.86 Å². The second-order valence-electron chi connectivity index (χ2n) is 21.6. The minimum Gasteiger partial charge on any atom is -0.309 e. The van der Waals surface area contributed by atoms with E-state index in [0.29, 0.717) is 0 Å². The molecular weight excluding hydrogens is 953 g/mol. The smallest absolute Gasteiger partial charge is 0.0719 e. The molecule has 0 radical (unpaired) electrons. The summed E-state index contributed by atoms with van der Waals surface area (Å²) in [4.78, 5) is 0. The average Bonchev–Trinajstić information content (AvgIpc) is 3.67. The van der Waals surface area contributed by atoms with Crippen LogP contribution in [0, 0.1) is 13.8 Å². The zero-order valence-electron chi connectivity index (χ0n) is 44.0. The molecule has 13 aromatic carbocycles. The molecule has 0 spiro atoms. The lowest BCUT2D eigenvalue weighted by Gasteiger charge is -2.36. The lowest BCUT2D eigenvalue weighted by molar-refractivity contribution is 0.769. The number of aryl methyl sites for hydroxylation is 2. The minimum atomic E-state index is -0.641.